The van der Waals surface area contributed by atoms with Gasteiger partial charge in [0.1, 0.15) is 11.7 Å². The third kappa shape index (κ3) is 6.52. The first-order valence-electron chi connectivity index (χ1n) is 13.8. The van der Waals surface area contributed by atoms with Crippen molar-refractivity contribution in [3.05, 3.63) is 24.3 Å². The lowest BCUT2D eigenvalue weighted by molar-refractivity contribution is -0.153. The topological polar surface area (TPSA) is 129 Å². The molecule has 4 aliphatic heterocycles. The minimum atomic E-state index is -0.616. The first-order valence-corrected chi connectivity index (χ1v) is 13.8. The lowest BCUT2D eigenvalue weighted by Crippen LogP contribution is -2.43. The number of ether oxygens (including phenoxy) is 4. The third-order valence-electron chi connectivity index (χ3n) is 7.84. The highest BCUT2D eigenvalue weighted by molar-refractivity contribution is 5.90. The predicted molar refractivity (Wildman–Crippen MR) is 137 cm³/mol. The maximum Gasteiger partial charge on any atom is 0.312 e. The molecule has 4 aliphatic rings. The van der Waals surface area contributed by atoms with Gasteiger partial charge in [-0.1, -0.05) is 37.1 Å². The molecule has 10 nitrogen and oxygen atoms in total. The van der Waals surface area contributed by atoms with E-state index in [2.05, 4.69) is 10.6 Å². The van der Waals surface area contributed by atoms with Crippen LogP contribution in [0.25, 0.3) is 0 Å². The van der Waals surface area contributed by atoms with Crippen molar-refractivity contribution in [2.75, 3.05) is 33.4 Å². The molecule has 0 spiro atoms. The van der Waals surface area contributed by atoms with Crippen LogP contribution in [0, 0.1) is 23.7 Å². The molecule has 4 heterocycles. The Balaban J connectivity index is 1.09. The zero-order valence-electron chi connectivity index (χ0n) is 22.3. The van der Waals surface area contributed by atoms with Crippen LogP contribution in [0.1, 0.15) is 45.4 Å². The molecule has 0 saturated carbocycles. The van der Waals surface area contributed by atoms with Crippen molar-refractivity contribution in [3.8, 4) is 0 Å². The molecule has 4 rings (SSSR count). The summed E-state index contributed by atoms with van der Waals surface area (Å²) in [5.74, 6) is -2.74. The Bertz CT molecular complexity index is 934. The number of amides is 2. The number of hydrogen-bond donors (Lipinski definition) is 2. The number of hydrogen-bond acceptors (Lipinski definition) is 8. The van der Waals surface area contributed by atoms with Gasteiger partial charge in [-0.15, -0.1) is 0 Å². The second-order valence-electron chi connectivity index (χ2n) is 10.5. The standard InChI is InChI=1S/C28H40N2O8/c1-17(31)22-18-9-10-19(37-18)23(22)26(32)29-13-5-3-4-6-14-30-27(33)24-20-11-12-21(38-20)25(24)28(34)36-16-8-7-15-35-2/h9-12,18-25H,3-8,13-16H2,1-2H3,(H,29,32)(H,30,33). The summed E-state index contributed by atoms with van der Waals surface area (Å²) >= 11 is 0. The molecule has 10 heteroatoms. The highest BCUT2D eigenvalue weighted by Gasteiger charge is 2.54. The Morgan fingerprint density at radius 1 is 0.658 bits per heavy atom. The minimum Gasteiger partial charge on any atom is -0.465 e. The van der Waals surface area contributed by atoms with Gasteiger partial charge in [-0.3, -0.25) is 19.2 Å². The Hall–Kier alpha value is -2.56. The van der Waals surface area contributed by atoms with Crippen LogP contribution in [0.2, 0.25) is 0 Å². The molecule has 0 aromatic heterocycles. The van der Waals surface area contributed by atoms with Crippen LogP contribution in [0.5, 0.6) is 0 Å². The smallest absolute Gasteiger partial charge is 0.312 e. The molecule has 0 aromatic carbocycles. The van der Waals surface area contributed by atoms with E-state index >= 15 is 0 Å². The van der Waals surface area contributed by atoms with Gasteiger partial charge >= 0.3 is 5.97 Å². The van der Waals surface area contributed by atoms with Crippen molar-refractivity contribution < 1.29 is 38.1 Å². The fourth-order valence-electron chi connectivity index (χ4n) is 5.89. The van der Waals surface area contributed by atoms with E-state index in [-0.39, 0.29) is 35.8 Å². The number of unbranched alkanes of at least 4 members (excludes halogenated alkanes) is 4. The largest absolute Gasteiger partial charge is 0.465 e. The van der Waals surface area contributed by atoms with Crippen molar-refractivity contribution >= 4 is 23.6 Å². The summed E-state index contributed by atoms with van der Waals surface area (Å²) in [5.41, 5.74) is 0. The monoisotopic (exact) mass is 532 g/mol. The van der Waals surface area contributed by atoms with E-state index in [1.165, 1.54) is 6.92 Å². The van der Waals surface area contributed by atoms with Crippen LogP contribution in [0.15, 0.2) is 24.3 Å². The van der Waals surface area contributed by atoms with Gasteiger partial charge in [0.05, 0.1) is 48.8 Å². The van der Waals surface area contributed by atoms with Crippen LogP contribution in [-0.2, 0) is 38.1 Å². The Morgan fingerprint density at radius 2 is 1.13 bits per heavy atom. The number of methoxy groups -OCH3 is 1. The van der Waals surface area contributed by atoms with Gasteiger partial charge in [-0.25, -0.2) is 0 Å². The first-order chi connectivity index (χ1) is 18.4. The van der Waals surface area contributed by atoms with E-state index in [0.29, 0.717) is 32.7 Å². The molecule has 2 amide bonds. The molecule has 0 aliphatic carbocycles. The summed E-state index contributed by atoms with van der Waals surface area (Å²) < 4.78 is 21.9. The van der Waals surface area contributed by atoms with Crippen molar-refractivity contribution in [1.29, 1.82) is 0 Å². The fourth-order valence-corrected chi connectivity index (χ4v) is 5.89. The van der Waals surface area contributed by atoms with Crippen molar-refractivity contribution in [2.24, 2.45) is 23.7 Å². The SMILES string of the molecule is COCCCCOC(=O)C1C2C=CC(O2)C1C(=O)NCCCCCCNC(=O)C1C2C=CC(O2)C1C(C)=O. The normalized spacial score (nSPS) is 32.1. The molecular weight excluding hydrogens is 492 g/mol. The lowest BCUT2D eigenvalue weighted by atomic mass is 9.80. The second kappa shape index (κ2) is 13.5. The molecule has 4 bridgehead atoms. The van der Waals surface area contributed by atoms with Crippen LogP contribution in [-0.4, -0.2) is 81.4 Å². The summed E-state index contributed by atoms with van der Waals surface area (Å²) in [6.45, 7) is 3.49. The zero-order chi connectivity index (χ0) is 27.1. The maximum absolute atomic E-state index is 12.9. The van der Waals surface area contributed by atoms with Gasteiger partial charge < -0.3 is 29.6 Å². The summed E-state index contributed by atoms with van der Waals surface area (Å²) in [5, 5.41) is 5.91. The van der Waals surface area contributed by atoms with Gasteiger partial charge in [0.15, 0.2) is 0 Å². The van der Waals surface area contributed by atoms with Crippen molar-refractivity contribution in [2.45, 2.75) is 69.9 Å². The minimum absolute atomic E-state index is 0.0155. The van der Waals surface area contributed by atoms with Gasteiger partial charge in [0.25, 0.3) is 0 Å². The van der Waals surface area contributed by atoms with Crippen LogP contribution >= 0.6 is 0 Å². The number of carbonyl (C=O) groups is 4. The molecule has 2 fully saturated rings. The number of nitrogens with one attached hydrogen (secondary N) is 2. The maximum atomic E-state index is 12.9. The predicted octanol–water partition coefficient (Wildman–Crippen LogP) is 1.48. The van der Waals surface area contributed by atoms with E-state index in [1.54, 1.807) is 7.11 Å². The Morgan fingerprint density at radius 3 is 1.66 bits per heavy atom. The third-order valence-corrected chi connectivity index (χ3v) is 7.84. The molecule has 8 unspecified atom stereocenters. The second-order valence-corrected chi connectivity index (χ2v) is 10.5. The van der Waals surface area contributed by atoms with Gasteiger partial charge in [0.2, 0.25) is 11.8 Å². The molecule has 2 N–H and O–H groups in total. The molecule has 0 aromatic rings. The van der Waals surface area contributed by atoms with E-state index < -0.39 is 35.9 Å². The lowest BCUT2D eigenvalue weighted by Gasteiger charge is -2.23. The fraction of sp³-hybridized carbons (Fsp3) is 0.714. The number of fused-ring (bicyclic) bond motifs is 4. The highest BCUT2D eigenvalue weighted by atomic mass is 16.5. The number of esters is 1. The quantitative estimate of drug-likeness (QED) is 0.174. The molecular formula is C28H40N2O8. The number of rotatable bonds is 16. The summed E-state index contributed by atoms with van der Waals surface area (Å²) in [4.78, 5) is 50.2. The zero-order valence-corrected chi connectivity index (χ0v) is 22.3. The van der Waals surface area contributed by atoms with E-state index in [0.717, 1.165) is 32.1 Å². The van der Waals surface area contributed by atoms with E-state index in [9.17, 15) is 19.2 Å². The average Bonchev–Trinajstić information content (AvgIpc) is 3.70. The van der Waals surface area contributed by atoms with Crippen LogP contribution in [0.4, 0.5) is 0 Å². The number of carbonyl (C=O) groups excluding carboxylic acids is 4. The van der Waals surface area contributed by atoms with Gasteiger partial charge in [-0.2, -0.15) is 0 Å². The highest BCUT2D eigenvalue weighted by Crippen LogP contribution is 2.40. The van der Waals surface area contributed by atoms with Crippen LogP contribution < -0.4 is 10.6 Å². The van der Waals surface area contributed by atoms with Gasteiger partial charge in [0, 0.05) is 26.8 Å². The molecule has 8 atom stereocenters. The first kappa shape index (κ1) is 28.4. The molecule has 0 radical (unpaired) electrons. The number of ketones is 1. The van der Waals surface area contributed by atoms with E-state index in [1.807, 2.05) is 24.3 Å². The Labute approximate surface area is 223 Å². The average molecular weight is 533 g/mol. The van der Waals surface area contributed by atoms with Crippen molar-refractivity contribution in [3.63, 3.8) is 0 Å². The summed E-state index contributed by atoms with van der Waals surface area (Å²) in [7, 11) is 1.63. The molecule has 210 valence electrons. The number of Topliss-reactive ketones (excluding diaryl/α,β-unsaturated/α-hetero) is 1. The Kier molecular flexibility index (Phi) is 10.1. The van der Waals surface area contributed by atoms with Gasteiger partial charge in [-0.05, 0) is 32.6 Å². The molecule has 38 heavy (non-hydrogen) atoms. The van der Waals surface area contributed by atoms with E-state index in [4.69, 9.17) is 18.9 Å². The summed E-state index contributed by atoms with van der Waals surface area (Å²) in [6, 6.07) is 0. The summed E-state index contributed by atoms with van der Waals surface area (Å²) in [6.07, 6.45) is 11.0. The molecule has 2 saturated heterocycles. The van der Waals surface area contributed by atoms with Crippen molar-refractivity contribution in [1.82, 2.24) is 10.6 Å². The van der Waals surface area contributed by atoms with Crippen LogP contribution in [0.3, 0.4) is 0 Å².